The number of hydrogen-bond acceptors (Lipinski definition) is 3. The lowest BCUT2D eigenvalue weighted by Crippen LogP contribution is -2.52. The quantitative estimate of drug-likeness (QED) is 0.484. The Hall–Kier alpha value is -0.120. The second-order valence-electron chi connectivity index (χ2n) is 3.97. The predicted molar refractivity (Wildman–Crippen MR) is 43.2 cm³/mol. The maximum absolute atomic E-state index is 9.90. The summed E-state index contributed by atoms with van der Waals surface area (Å²) in [6, 6.07) is 1.06. The third-order valence-electron chi connectivity index (χ3n) is 2.97. The van der Waals surface area contributed by atoms with E-state index >= 15 is 0 Å². The minimum atomic E-state index is -0.558. The smallest absolute Gasteiger partial charge is 0.0799 e. The summed E-state index contributed by atoms with van der Waals surface area (Å²) in [5, 5.41) is 13.4. The fourth-order valence-corrected chi connectivity index (χ4v) is 2.39. The molecular formula is C8H16N2O. The van der Waals surface area contributed by atoms with Crippen molar-refractivity contribution in [2.24, 2.45) is 5.73 Å². The van der Waals surface area contributed by atoms with E-state index in [1.165, 1.54) is 12.8 Å². The molecule has 0 radical (unpaired) electrons. The molecule has 0 spiro atoms. The van der Waals surface area contributed by atoms with Crippen molar-refractivity contribution in [2.75, 3.05) is 6.54 Å². The monoisotopic (exact) mass is 156 g/mol. The summed E-state index contributed by atoms with van der Waals surface area (Å²) in [5.74, 6) is 0. The van der Waals surface area contributed by atoms with E-state index in [1.807, 2.05) is 0 Å². The van der Waals surface area contributed by atoms with Crippen molar-refractivity contribution in [3.8, 4) is 0 Å². The van der Waals surface area contributed by atoms with Crippen LogP contribution in [0.4, 0.5) is 0 Å². The van der Waals surface area contributed by atoms with Crippen molar-refractivity contribution < 1.29 is 5.11 Å². The van der Waals surface area contributed by atoms with Gasteiger partial charge < -0.3 is 16.2 Å². The molecule has 0 aromatic rings. The summed E-state index contributed by atoms with van der Waals surface area (Å²) in [6.45, 7) is 0.418. The molecule has 4 N–H and O–H groups in total. The second kappa shape index (κ2) is 2.44. The Balaban J connectivity index is 2.07. The van der Waals surface area contributed by atoms with E-state index in [0.29, 0.717) is 18.6 Å². The molecule has 0 aromatic heterocycles. The maximum atomic E-state index is 9.90. The Morgan fingerprint density at radius 1 is 1.36 bits per heavy atom. The first kappa shape index (κ1) is 7.53. The lowest BCUT2D eigenvalue weighted by Gasteiger charge is -2.36. The van der Waals surface area contributed by atoms with Crippen molar-refractivity contribution in [3.63, 3.8) is 0 Å². The molecule has 3 nitrogen and oxygen atoms in total. The number of piperidine rings is 1. The van der Waals surface area contributed by atoms with Crippen LogP contribution >= 0.6 is 0 Å². The molecule has 2 saturated heterocycles. The molecule has 3 atom stereocenters. The molecule has 1 unspecified atom stereocenters. The first-order valence-corrected chi connectivity index (χ1v) is 4.40. The SMILES string of the molecule is NCC1(O)C[C@H]2CC[C@@H](C1)N2. The Morgan fingerprint density at radius 3 is 2.36 bits per heavy atom. The van der Waals surface area contributed by atoms with Crippen molar-refractivity contribution >= 4 is 0 Å². The zero-order chi connectivity index (χ0) is 7.90. The van der Waals surface area contributed by atoms with Gasteiger partial charge >= 0.3 is 0 Å². The highest BCUT2D eigenvalue weighted by Crippen LogP contribution is 2.32. The highest BCUT2D eigenvalue weighted by atomic mass is 16.3. The van der Waals surface area contributed by atoms with Crippen LogP contribution in [0.1, 0.15) is 25.7 Å². The second-order valence-corrected chi connectivity index (χ2v) is 3.97. The minimum absolute atomic E-state index is 0.418. The lowest BCUT2D eigenvalue weighted by atomic mass is 9.88. The molecule has 0 amide bonds. The van der Waals surface area contributed by atoms with E-state index in [2.05, 4.69) is 5.32 Å². The van der Waals surface area contributed by atoms with Crippen LogP contribution in [0.5, 0.6) is 0 Å². The van der Waals surface area contributed by atoms with E-state index in [-0.39, 0.29) is 0 Å². The van der Waals surface area contributed by atoms with Crippen molar-refractivity contribution in [1.29, 1.82) is 0 Å². The van der Waals surface area contributed by atoms with Gasteiger partial charge in [-0.2, -0.15) is 0 Å². The van der Waals surface area contributed by atoms with Crippen LogP contribution in [0.25, 0.3) is 0 Å². The summed E-state index contributed by atoms with van der Waals surface area (Å²) >= 11 is 0. The number of hydrogen-bond donors (Lipinski definition) is 3. The molecule has 0 aliphatic carbocycles. The summed E-state index contributed by atoms with van der Waals surface area (Å²) < 4.78 is 0. The van der Waals surface area contributed by atoms with Gasteiger partial charge in [0.1, 0.15) is 0 Å². The Kier molecular flexibility index (Phi) is 1.67. The highest BCUT2D eigenvalue weighted by Gasteiger charge is 2.41. The van der Waals surface area contributed by atoms with Crippen molar-refractivity contribution in [3.05, 3.63) is 0 Å². The van der Waals surface area contributed by atoms with Gasteiger partial charge in [0.2, 0.25) is 0 Å². The largest absolute Gasteiger partial charge is 0.388 e. The predicted octanol–water partition coefficient (Wildman–Crippen LogP) is -0.409. The van der Waals surface area contributed by atoms with E-state index in [9.17, 15) is 5.11 Å². The molecule has 2 bridgehead atoms. The van der Waals surface area contributed by atoms with Crippen LogP contribution in [0, 0.1) is 0 Å². The molecule has 2 fully saturated rings. The fourth-order valence-electron chi connectivity index (χ4n) is 2.39. The molecule has 2 aliphatic heterocycles. The number of fused-ring (bicyclic) bond motifs is 2. The van der Waals surface area contributed by atoms with Gasteiger partial charge in [-0.1, -0.05) is 0 Å². The van der Waals surface area contributed by atoms with E-state index < -0.39 is 5.60 Å². The Labute approximate surface area is 67.0 Å². The maximum Gasteiger partial charge on any atom is 0.0799 e. The molecule has 2 heterocycles. The van der Waals surface area contributed by atoms with Crippen LogP contribution in [0.3, 0.4) is 0 Å². The molecule has 2 rings (SSSR count). The molecule has 3 heteroatoms. The summed E-state index contributed by atoms with van der Waals surface area (Å²) in [7, 11) is 0. The average Bonchev–Trinajstić information content (AvgIpc) is 2.31. The van der Waals surface area contributed by atoms with Crippen LogP contribution in [-0.2, 0) is 0 Å². The lowest BCUT2D eigenvalue weighted by molar-refractivity contribution is 0.00188. The molecule has 0 aromatic carbocycles. The van der Waals surface area contributed by atoms with Crippen LogP contribution in [0.2, 0.25) is 0 Å². The first-order chi connectivity index (χ1) is 5.22. The molecule has 0 saturated carbocycles. The first-order valence-electron chi connectivity index (χ1n) is 4.40. The summed E-state index contributed by atoms with van der Waals surface area (Å²) in [5.41, 5.74) is 4.95. The fraction of sp³-hybridized carbons (Fsp3) is 1.00. The molecule has 2 aliphatic rings. The Morgan fingerprint density at radius 2 is 1.91 bits per heavy atom. The van der Waals surface area contributed by atoms with Gasteiger partial charge in [-0.15, -0.1) is 0 Å². The van der Waals surface area contributed by atoms with Crippen LogP contribution in [0.15, 0.2) is 0 Å². The highest BCUT2D eigenvalue weighted by molar-refractivity contribution is 5.00. The van der Waals surface area contributed by atoms with Gasteiger partial charge in [-0.25, -0.2) is 0 Å². The van der Waals surface area contributed by atoms with Gasteiger partial charge in [0.15, 0.2) is 0 Å². The van der Waals surface area contributed by atoms with Gasteiger partial charge in [0, 0.05) is 18.6 Å². The van der Waals surface area contributed by atoms with Crippen LogP contribution in [-0.4, -0.2) is 29.3 Å². The average molecular weight is 156 g/mol. The zero-order valence-corrected chi connectivity index (χ0v) is 6.71. The summed E-state index contributed by atoms with van der Waals surface area (Å²) in [6.07, 6.45) is 4.12. The van der Waals surface area contributed by atoms with Gasteiger partial charge in [-0.3, -0.25) is 0 Å². The number of nitrogens with one attached hydrogen (secondary N) is 1. The van der Waals surface area contributed by atoms with E-state index in [4.69, 9.17) is 5.73 Å². The number of aliphatic hydroxyl groups is 1. The van der Waals surface area contributed by atoms with Gasteiger partial charge in [0.05, 0.1) is 5.60 Å². The van der Waals surface area contributed by atoms with Crippen LogP contribution < -0.4 is 11.1 Å². The van der Waals surface area contributed by atoms with E-state index in [0.717, 1.165) is 12.8 Å². The summed E-state index contributed by atoms with van der Waals surface area (Å²) in [4.78, 5) is 0. The van der Waals surface area contributed by atoms with Gasteiger partial charge in [0.25, 0.3) is 0 Å². The third-order valence-corrected chi connectivity index (χ3v) is 2.97. The third kappa shape index (κ3) is 1.28. The topological polar surface area (TPSA) is 58.3 Å². The number of rotatable bonds is 1. The molecular weight excluding hydrogens is 140 g/mol. The van der Waals surface area contributed by atoms with Gasteiger partial charge in [-0.05, 0) is 25.7 Å². The Bertz CT molecular complexity index is 148. The van der Waals surface area contributed by atoms with E-state index in [1.54, 1.807) is 0 Å². The number of nitrogens with two attached hydrogens (primary N) is 1. The minimum Gasteiger partial charge on any atom is -0.388 e. The normalized spacial score (nSPS) is 49.6. The molecule has 64 valence electrons. The standard InChI is InChI=1S/C8H16N2O/c9-5-8(11)3-6-1-2-7(4-8)10-6/h6-7,10-11H,1-5,9H2/t6-,7+,8?. The van der Waals surface area contributed by atoms with Crippen molar-refractivity contribution in [1.82, 2.24) is 5.32 Å². The molecule has 11 heavy (non-hydrogen) atoms. The van der Waals surface area contributed by atoms with Crippen molar-refractivity contribution in [2.45, 2.75) is 43.4 Å². The zero-order valence-electron chi connectivity index (χ0n) is 6.71.